The molecule has 5 rings (SSSR count). The van der Waals surface area contributed by atoms with Crippen LogP contribution in [-0.4, -0.2) is 53.4 Å². The number of rotatable bonds is 5. The minimum Gasteiger partial charge on any atom is -0.378 e. The van der Waals surface area contributed by atoms with Crippen LogP contribution in [0, 0.1) is 0 Å². The molecule has 0 spiro atoms. The summed E-state index contributed by atoms with van der Waals surface area (Å²) in [7, 11) is 0. The average molecular weight is 428 g/mol. The second-order valence-electron chi connectivity index (χ2n) is 8.68. The van der Waals surface area contributed by atoms with Crippen molar-refractivity contribution in [3.05, 3.63) is 17.5 Å². The van der Waals surface area contributed by atoms with Gasteiger partial charge in [-0.25, -0.2) is 15.0 Å². The summed E-state index contributed by atoms with van der Waals surface area (Å²) in [4.78, 5) is 17.8. The monoisotopic (exact) mass is 427 g/mol. The number of aromatic nitrogens is 3. The van der Waals surface area contributed by atoms with Crippen molar-refractivity contribution in [3.63, 3.8) is 0 Å². The number of hydrogen-bond acceptors (Lipinski definition) is 8. The van der Waals surface area contributed by atoms with Crippen LogP contribution in [0.2, 0.25) is 0 Å². The maximum Gasteiger partial charge on any atom is 0.147 e. The van der Waals surface area contributed by atoms with E-state index in [0.29, 0.717) is 6.61 Å². The molecule has 0 atom stereocenters. The van der Waals surface area contributed by atoms with Crippen molar-refractivity contribution in [2.75, 3.05) is 43.1 Å². The highest BCUT2D eigenvalue weighted by atomic mass is 32.1. The van der Waals surface area contributed by atoms with E-state index in [1.54, 1.807) is 17.7 Å². The summed E-state index contributed by atoms with van der Waals surface area (Å²) in [6.45, 7) is 11.2. The van der Waals surface area contributed by atoms with Gasteiger partial charge in [0, 0.05) is 37.0 Å². The van der Waals surface area contributed by atoms with Gasteiger partial charge in [-0.2, -0.15) is 0 Å². The largest absolute Gasteiger partial charge is 0.378 e. The predicted molar refractivity (Wildman–Crippen MR) is 122 cm³/mol. The molecule has 2 aliphatic heterocycles. The van der Waals surface area contributed by atoms with Gasteiger partial charge in [0.25, 0.3) is 0 Å². The maximum absolute atomic E-state index is 6.21. The van der Waals surface area contributed by atoms with Gasteiger partial charge >= 0.3 is 0 Å². The molecule has 8 heteroatoms. The minimum atomic E-state index is -0.201. The number of unbranched alkanes of at least 4 members (excludes halogenated alkanes) is 1. The number of ether oxygens (including phenoxy) is 2. The summed E-state index contributed by atoms with van der Waals surface area (Å²) in [6.07, 6.45) is 4.81. The lowest BCUT2D eigenvalue weighted by Gasteiger charge is -2.36. The smallest absolute Gasteiger partial charge is 0.147 e. The topological polar surface area (TPSA) is 72.4 Å². The van der Waals surface area contributed by atoms with Crippen LogP contribution in [0.25, 0.3) is 20.4 Å². The predicted octanol–water partition coefficient (Wildman–Crippen LogP) is 4.14. The summed E-state index contributed by atoms with van der Waals surface area (Å²) in [5.41, 5.74) is 3.36. The molecule has 5 heterocycles. The van der Waals surface area contributed by atoms with Gasteiger partial charge < -0.3 is 19.7 Å². The third kappa shape index (κ3) is 3.50. The van der Waals surface area contributed by atoms with E-state index in [2.05, 4.69) is 36.0 Å². The lowest BCUT2D eigenvalue weighted by molar-refractivity contribution is -0.0396. The van der Waals surface area contributed by atoms with E-state index in [1.807, 2.05) is 0 Å². The van der Waals surface area contributed by atoms with Crippen LogP contribution >= 0.6 is 11.3 Å². The van der Waals surface area contributed by atoms with Crippen molar-refractivity contribution < 1.29 is 9.47 Å². The van der Waals surface area contributed by atoms with E-state index < -0.39 is 0 Å². The summed E-state index contributed by atoms with van der Waals surface area (Å²) in [5, 5.41) is 4.68. The standard InChI is InChI=1S/C22H29N5O2S/c1-4-5-6-23-19-18-17(24-13-25-19)16-14-11-22(2,3)29-12-15(14)20(26-21(16)30-18)27-7-9-28-10-8-27/h13H,4-12H2,1-3H3,(H,23,24,25). The van der Waals surface area contributed by atoms with Gasteiger partial charge in [0.1, 0.15) is 22.8 Å². The molecule has 0 saturated carbocycles. The first-order valence-corrected chi connectivity index (χ1v) is 11.7. The number of nitrogens with one attached hydrogen (secondary N) is 1. The summed E-state index contributed by atoms with van der Waals surface area (Å²) < 4.78 is 12.9. The van der Waals surface area contributed by atoms with Gasteiger partial charge in [0.05, 0.1) is 35.6 Å². The number of pyridine rings is 1. The fraction of sp³-hybridized carbons (Fsp3) is 0.591. The van der Waals surface area contributed by atoms with Gasteiger partial charge in [-0.15, -0.1) is 11.3 Å². The van der Waals surface area contributed by atoms with E-state index in [0.717, 1.165) is 78.8 Å². The number of anilines is 2. The Morgan fingerprint density at radius 3 is 2.83 bits per heavy atom. The SMILES string of the molecule is CCCCNc1ncnc2c1sc1nc(N3CCOCC3)c3c(c12)CC(C)(C)OC3. The van der Waals surface area contributed by atoms with Crippen molar-refractivity contribution in [3.8, 4) is 0 Å². The highest BCUT2D eigenvalue weighted by Gasteiger charge is 2.33. The second kappa shape index (κ2) is 7.90. The van der Waals surface area contributed by atoms with Crippen molar-refractivity contribution in [2.24, 2.45) is 0 Å². The first kappa shape index (κ1) is 19.9. The number of hydrogen-bond donors (Lipinski definition) is 1. The van der Waals surface area contributed by atoms with Crippen LogP contribution in [0.1, 0.15) is 44.7 Å². The molecular formula is C22H29N5O2S. The molecular weight excluding hydrogens is 398 g/mol. The van der Waals surface area contributed by atoms with E-state index in [1.165, 1.54) is 16.5 Å². The van der Waals surface area contributed by atoms with Crippen LogP contribution in [0.15, 0.2) is 6.33 Å². The van der Waals surface area contributed by atoms with Gasteiger partial charge in [0.2, 0.25) is 0 Å². The minimum absolute atomic E-state index is 0.201. The zero-order valence-corrected chi connectivity index (χ0v) is 18.8. The average Bonchev–Trinajstić information content (AvgIpc) is 3.13. The van der Waals surface area contributed by atoms with E-state index in [9.17, 15) is 0 Å². The van der Waals surface area contributed by atoms with E-state index >= 15 is 0 Å². The number of fused-ring (bicyclic) bond motifs is 5. The quantitative estimate of drug-likeness (QED) is 0.614. The molecule has 2 aliphatic rings. The van der Waals surface area contributed by atoms with Crippen molar-refractivity contribution in [2.45, 2.75) is 52.2 Å². The molecule has 1 fully saturated rings. The molecule has 0 radical (unpaired) electrons. The first-order valence-electron chi connectivity index (χ1n) is 10.9. The molecule has 1 N–H and O–H groups in total. The van der Waals surface area contributed by atoms with Gasteiger partial charge in [-0.1, -0.05) is 13.3 Å². The third-order valence-electron chi connectivity index (χ3n) is 5.94. The number of morpholine rings is 1. The molecule has 7 nitrogen and oxygen atoms in total. The van der Waals surface area contributed by atoms with Gasteiger partial charge in [0.15, 0.2) is 0 Å². The highest BCUT2D eigenvalue weighted by molar-refractivity contribution is 7.26. The molecule has 0 aliphatic carbocycles. The summed E-state index contributed by atoms with van der Waals surface area (Å²) in [5.74, 6) is 1.97. The van der Waals surface area contributed by atoms with Gasteiger partial charge in [-0.05, 0) is 25.8 Å². The van der Waals surface area contributed by atoms with Crippen molar-refractivity contribution >= 4 is 43.4 Å². The Kier molecular flexibility index (Phi) is 5.24. The molecule has 0 unspecified atom stereocenters. The Labute approximate surface area is 180 Å². The Hall–Kier alpha value is -2.03. The zero-order chi connectivity index (χ0) is 20.7. The first-order chi connectivity index (χ1) is 14.6. The van der Waals surface area contributed by atoms with Crippen molar-refractivity contribution in [1.82, 2.24) is 15.0 Å². The number of nitrogens with zero attached hydrogens (tertiary/aromatic N) is 4. The molecule has 3 aromatic rings. The maximum atomic E-state index is 6.21. The Morgan fingerprint density at radius 2 is 2.03 bits per heavy atom. The fourth-order valence-corrected chi connectivity index (χ4v) is 5.46. The Morgan fingerprint density at radius 1 is 1.20 bits per heavy atom. The fourth-order valence-electron chi connectivity index (χ4n) is 4.33. The van der Waals surface area contributed by atoms with Crippen LogP contribution < -0.4 is 10.2 Å². The molecule has 0 aromatic carbocycles. The summed E-state index contributed by atoms with van der Waals surface area (Å²) >= 11 is 1.70. The second-order valence-corrected chi connectivity index (χ2v) is 9.68. The molecule has 30 heavy (non-hydrogen) atoms. The van der Waals surface area contributed by atoms with Gasteiger partial charge in [-0.3, -0.25) is 0 Å². The van der Waals surface area contributed by atoms with Crippen molar-refractivity contribution in [1.29, 1.82) is 0 Å². The highest BCUT2D eigenvalue weighted by Crippen LogP contribution is 2.44. The van der Waals surface area contributed by atoms with E-state index in [4.69, 9.17) is 19.4 Å². The molecule has 0 bridgehead atoms. The van der Waals surface area contributed by atoms with Crippen LogP contribution in [0.5, 0.6) is 0 Å². The zero-order valence-electron chi connectivity index (χ0n) is 18.0. The Bertz CT molecular complexity index is 1070. The molecule has 160 valence electrons. The molecule has 3 aromatic heterocycles. The third-order valence-corrected chi connectivity index (χ3v) is 7.02. The molecule has 1 saturated heterocycles. The van der Waals surface area contributed by atoms with Crippen LogP contribution in [-0.2, 0) is 22.5 Å². The normalized spacial score (nSPS) is 18.7. The Balaban J connectivity index is 1.70. The lowest BCUT2D eigenvalue weighted by Crippen LogP contribution is -2.39. The molecule has 0 amide bonds. The van der Waals surface area contributed by atoms with Crippen LogP contribution in [0.4, 0.5) is 11.6 Å². The van der Waals surface area contributed by atoms with E-state index in [-0.39, 0.29) is 5.60 Å². The summed E-state index contributed by atoms with van der Waals surface area (Å²) in [6, 6.07) is 0. The lowest BCUT2D eigenvalue weighted by atomic mass is 9.90. The van der Waals surface area contributed by atoms with Crippen LogP contribution in [0.3, 0.4) is 0 Å². The number of thiophene rings is 1.